The lowest BCUT2D eigenvalue weighted by molar-refractivity contribution is 0.391. The summed E-state index contributed by atoms with van der Waals surface area (Å²) in [5, 5.41) is 0. The van der Waals surface area contributed by atoms with Crippen molar-refractivity contribution < 1.29 is 9.47 Å². The predicted molar refractivity (Wildman–Crippen MR) is 78.2 cm³/mol. The van der Waals surface area contributed by atoms with Crippen LogP contribution in [0.3, 0.4) is 0 Å². The molecule has 5 nitrogen and oxygen atoms in total. The summed E-state index contributed by atoms with van der Waals surface area (Å²) < 4.78 is 10.7. The Morgan fingerprint density at radius 2 is 1.80 bits per heavy atom. The van der Waals surface area contributed by atoms with Crippen molar-refractivity contribution in [2.75, 3.05) is 12.8 Å². The summed E-state index contributed by atoms with van der Waals surface area (Å²) in [6.45, 7) is 4.37. The summed E-state index contributed by atoms with van der Waals surface area (Å²) >= 11 is 0. The van der Waals surface area contributed by atoms with Crippen molar-refractivity contribution >= 4 is 5.69 Å². The Labute approximate surface area is 118 Å². The zero-order valence-electron chi connectivity index (χ0n) is 12.0. The van der Waals surface area contributed by atoms with Crippen molar-refractivity contribution in [2.45, 2.75) is 26.2 Å². The molecule has 1 atom stereocenters. The van der Waals surface area contributed by atoms with Crippen molar-refractivity contribution in [3.05, 3.63) is 36.2 Å². The van der Waals surface area contributed by atoms with Gasteiger partial charge in [-0.1, -0.05) is 26.0 Å². The largest absolute Gasteiger partial charge is 0.479 e. The molecule has 0 fully saturated rings. The molecule has 5 heteroatoms. The average molecular weight is 273 g/mol. The molecule has 2 rings (SSSR count). The minimum Gasteiger partial charge on any atom is -0.479 e. The molecular formula is C15H19N3O2. The molecule has 0 aliphatic carbocycles. The van der Waals surface area contributed by atoms with E-state index in [9.17, 15) is 0 Å². The van der Waals surface area contributed by atoms with E-state index in [1.165, 1.54) is 19.0 Å². The summed E-state index contributed by atoms with van der Waals surface area (Å²) in [5.74, 6) is 1.83. The first-order chi connectivity index (χ1) is 9.65. The number of nitrogens with two attached hydrogens (primary N) is 1. The van der Waals surface area contributed by atoms with Gasteiger partial charge in [0, 0.05) is 0 Å². The molecule has 1 aromatic heterocycles. The second-order valence-electron chi connectivity index (χ2n) is 4.58. The molecule has 20 heavy (non-hydrogen) atoms. The second-order valence-corrected chi connectivity index (χ2v) is 4.58. The number of aromatic nitrogens is 2. The zero-order valence-corrected chi connectivity index (χ0v) is 12.0. The molecule has 1 aromatic carbocycles. The number of nitrogens with zero attached hydrogens (tertiary/aromatic N) is 2. The number of methoxy groups -OCH3 is 1. The van der Waals surface area contributed by atoms with Crippen molar-refractivity contribution in [3.63, 3.8) is 0 Å². The van der Waals surface area contributed by atoms with Gasteiger partial charge in [0.25, 0.3) is 0 Å². The van der Waals surface area contributed by atoms with Gasteiger partial charge in [-0.05, 0) is 30.0 Å². The SMILES string of the molecule is CCC(C)c1ccc(Oc2ncnc(OC)c2N)cc1. The van der Waals surface area contributed by atoms with Gasteiger partial charge in [-0.25, -0.2) is 0 Å². The summed E-state index contributed by atoms with van der Waals surface area (Å²) in [7, 11) is 1.50. The topological polar surface area (TPSA) is 70.3 Å². The van der Waals surface area contributed by atoms with Gasteiger partial charge in [0.05, 0.1) is 7.11 Å². The molecule has 0 bridgehead atoms. The van der Waals surface area contributed by atoms with Gasteiger partial charge in [-0.3, -0.25) is 0 Å². The highest BCUT2D eigenvalue weighted by Crippen LogP contribution is 2.31. The zero-order chi connectivity index (χ0) is 14.5. The van der Waals surface area contributed by atoms with Crippen LogP contribution in [0.2, 0.25) is 0 Å². The van der Waals surface area contributed by atoms with Crippen LogP contribution in [0.1, 0.15) is 31.7 Å². The molecule has 0 aliphatic rings. The van der Waals surface area contributed by atoms with E-state index in [1.54, 1.807) is 0 Å². The molecule has 2 N–H and O–H groups in total. The highest BCUT2D eigenvalue weighted by molar-refractivity contribution is 5.56. The van der Waals surface area contributed by atoms with Crippen LogP contribution in [0.25, 0.3) is 0 Å². The third-order valence-electron chi connectivity index (χ3n) is 3.28. The van der Waals surface area contributed by atoms with E-state index in [2.05, 4.69) is 35.9 Å². The second kappa shape index (κ2) is 6.23. The normalized spacial score (nSPS) is 11.9. The molecular weight excluding hydrogens is 254 g/mol. The Bertz CT molecular complexity index is 570. The van der Waals surface area contributed by atoms with Gasteiger partial charge in [-0.15, -0.1) is 0 Å². The van der Waals surface area contributed by atoms with Gasteiger partial charge in [0.2, 0.25) is 11.8 Å². The van der Waals surface area contributed by atoms with E-state index < -0.39 is 0 Å². The van der Waals surface area contributed by atoms with E-state index >= 15 is 0 Å². The van der Waals surface area contributed by atoms with Crippen molar-refractivity contribution in [2.24, 2.45) is 0 Å². The Kier molecular flexibility index (Phi) is 4.40. The van der Waals surface area contributed by atoms with E-state index in [0.717, 1.165) is 6.42 Å². The molecule has 106 valence electrons. The summed E-state index contributed by atoms with van der Waals surface area (Å²) in [6, 6.07) is 7.93. The van der Waals surface area contributed by atoms with E-state index in [4.69, 9.17) is 15.2 Å². The molecule has 0 spiro atoms. The van der Waals surface area contributed by atoms with Gasteiger partial charge in [-0.2, -0.15) is 9.97 Å². The summed E-state index contributed by atoms with van der Waals surface area (Å²) in [4.78, 5) is 7.93. The summed E-state index contributed by atoms with van der Waals surface area (Å²) in [5.41, 5.74) is 7.44. The first-order valence-corrected chi connectivity index (χ1v) is 6.58. The average Bonchev–Trinajstić information content (AvgIpc) is 2.49. The number of benzene rings is 1. The van der Waals surface area contributed by atoms with Crippen LogP contribution in [0, 0.1) is 0 Å². The third kappa shape index (κ3) is 2.99. The number of rotatable bonds is 5. The fourth-order valence-electron chi connectivity index (χ4n) is 1.82. The highest BCUT2D eigenvalue weighted by atomic mass is 16.5. The van der Waals surface area contributed by atoms with Crippen molar-refractivity contribution in [3.8, 4) is 17.5 Å². The van der Waals surface area contributed by atoms with Crippen LogP contribution in [0.15, 0.2) is 30.6 Å². The van der Waals surface area contributed by atoms with Crippen molar-refractivity contribution in [1.29, 1.82) is 0 Å². The maximum atomic E-state index is 5.87. The molecule has 2 aromatic rings. The van der Waals surface area contributed by atoms with Gasteiger partial charge >= 0.3 is 0 Å². The van der Waals surface area contributed by atoms with E-state index in [0.29, 0.717) is 29.1 Å². The molecule has 0 saturated heterocycles. The maximum absolute atomic E-state index is 5.87. The quantitative estimate of drug-likeness (QED) is 0.904. The highest BCUT2D eigenvalue weighted by Gasteiger charge is 2.11. The lowest BCUT2D eigenvalue weighted by atomic mass is 9.99. The Morgan fingerprint density at radius 1 is 1.15 bits per heavy atom. The maximum Gasteiger partial charge on any atom is 0.249 e. The van der Waals surface area contributed by atoms with Crippen LogP contribution >= 0.6 is 0 Å². The van der Waals surface area contributed by atoms with Crippen molar-refractivity contribution in [1.82, 2.24) is 9.97 Å². The molecule has 0 radical (unpaired) electrons. The van der Waals surface area contributed by atoms with Gasteiger partial charge in [0.15, 0.2) is 5.69 Å². The minimum atomic E-state index is 0.293. The number of hydrogen-bond donors (Lipinski definition) is 1. The number of anilines is 1. The third-order valence-corrected chi connectivity index (χ3v) is 3.28. The molecule has 0 amide bonds. The van der Waals surface area contributed by atoms with Crippen LogP contribution in [-0.2, 0) is 0 Å². The Hall–Kier alpha value is -2.30. The van der Waals surface area contributed by atoms with Gasteiger partial charge < -0.3 is 15.2 Å². The van der Waals surface area contributed by atoms with Crippen LogP contribution in [0.5, 0.6) is 17.5 Å². The monoisotopic (exact) mass is 273 g/mol. The predicted octanol–water partition coefficient (Wildman–Crippen LogP) is 3.37. The number of ether oxygens (including phenoxy) is 2. The minimum absolute atomic E-state index is 0.293. The molecule has 0 aliphatic heterocycles. The van der Waals surface area contributed by atoms with Crippen LogP contribution < -0.4 is 15.2 Å². The Morgan fingerprint density at radius 3 is 2.40 bits per heavy atom. The van der Waals surface area contributed by atoms with E-state index in [-0.39, 0.29) is 0 Å². The molecule has 1 heterocycles. The Balaban J connectivity index is 2.18. The smallest absolute Gasteiger partial charge is 0.249 e. The number of hydrogen-bond acceptors (Lipinski definition) is 5. The fourth-order valence-corrected chi connectivity index (χ4v) is 1.82. The van der Waals surface area contributed by atoms with Gasteiger partial charge in [0.1, 0.15) is 12.1 Å². The lowest BCUT2D eigenvalue weighted by Crippen LogP contribution is -2.00. The molecule has 1 unspecified atom stereocenters. The van der Waals surface area contributed by atoms with Crippen LogP contribution in [0.4, 0.5) is 5.69 Å². The summed E-state index contributed by atoms with van der Waals surface area (Å²) in [6.07, 6.45) is 2.47. The standard InChI is InChI=1S/C15H19N3O2/c1-4-10(2)11-5-7-12(8-6-11)20-15-13(16)14(19-3)17-9-18-15/h5-10H,4,16H2,1-3H3. The number of nitrogen functional groups attached to an aromatic ring is 1. The fraction of sp³-hybridized carbons (Fsp3) is 0.333. The molecule has 0 saturated carbocycles. The lowest BCUT2D eigenvalue weighted by Gasteiger charge is -2.11. The van der Waals surface area contributed by atoms with Crippen LogP contribution in [-0.4, -0.2) is 17.1 Å². The first-order valence-electron chi connectivity index (χ1n) is 6.58. The van der Waals surface area contributed by atoms with E-state index in [1.807, 2.05) is 12.1 Å². The first kappa shape index (κ1) is 14.1.